The summed E-state index contributed by atoms with van der Waals surface area (Å²) in [5.74, 6) is 4.03. The van der Waals surface area contributed by atoms with E-state index in [1.807, 2.05) is 17.8 Å². The van der Waals surface area contributed by atoms with Crippen LogP contribution in [0.4, 0.5) is 17.1 Å². The van der Waals surface area contributed by atoms with Gasteiger partial charge < -0.3 is 4.90 Å². The van der Waals surface area contributed by atoms with Gasteiger partial charge in [0, 0.05) is 26.6 Å². The van der Waals surface area contributed by atoms with Gasteiger partial charge in [-0.05, 0) is 129 Å². The van der Waals surface area contributed by atoms with Crippen molar-refractivity contribution >= 4 is 39.6 Å². The van der Waals surface area contributed by atoms with Gasteiger partial charge in [-0.25, -0.2) is 0 Å². The van der Waals surface area contributed by atoms with Crippen molar-refractivity contribution in [3.8, 4) is 23.5 Å². The van der Waals surface area contributed by atoms with Crippen molar-refractivity contribution in [2.45, 2.75) is 60.2 Å². The predicted octanol–water partition coefficient (Wildman–Crippen LogP) is 15.3. The molecule has 2 heteroatoms. The van der Waals surface area contributed by atoms with E-state index in [0.29, 0.717) is 11.8 Å². The van der Waals surface area contributed by atoms with Crippen LogP contribution in [0.5, 0.6) is 0 Å². The molecule has 7 aromatic carbocycles. The highest BCUT2D eigenvalue weighted by Gasteiger charge is 2.47. The van der Waals surface area contributed by atoms with E-state index in [1.54, 1.807) is 0 Å². The van der Waals surface area contributed by atoms with Crippen LogP contribution in [-0.4, -0.2) is 0 Å². The van der Waals surface area contributed by atoms with E-state index < -0.39 is 5.41 Å². The van der Waals surface area contributed by atoms with Crippen molar-refractivity contribution in [1.29, 1.82) is 0 Å². The first kappa shape index (κ1) is 37.0. The molecule has 0 bridgehead atoms. The van der Waals surface area contributed by atoms with Gasteiger partial charge in [0.05, 0.1) is 11.1 Å². The van der Waals surface area contributed by atoms with Crippen molar-refractivity contribution in [2.24, 2.45) is 5.92 Å². The summed E-state index contributed by atoms with van der Waals surface area (Å²) in [5.41, 5.74) is 13.1. The van der Waals surface area contributed by atoms with Crippen LogP contribution in [0.2, 0.25) is 0 Å². The second kappa shape index (κ2) is 14.8. The zero-order valence-electron chi connectivity index (χ0n) is 33.9. The van der Waals surface area contributed by atoms with Crippen LogP contribution in [0.3, 0.4) is 0 Å². The molecule has 10 rings (SSSR count). The van der Waals surface area contributed by atoms with Crippen LogP contribution in [-0.2, 0) is 10.8 Å². The molecule has 0 spiro atoms. The fourth-order valence-corrected chi connectivity index (χ4v) is 11.9. The molecular weight excluding hydrogens is 731 g/mol. The van der Waals surface area contributed by atoms with Crippen LogP contribution in [0.15, 0.2) is 203 Å². The summed E-state index contributed by atoms with van der Waals surface area (Å²) in [4.78, 5) is 4.95. The normalized spacial score (nSPS) is 20.1. The Bertz CT molecular complexity index is 2860. The molecule has 3 aliphatic rings. The predicted molar refractivity (Wildman–Crippen MR) is 250 cm³/mol. The smallest absolute Gasteiger partial charge is 0.0729 e. The standard InChI is InChI=1S/C57H47NS/c1-5-18-41(19-6-2)57(42-22-8-7-9-23-42)50-28-14-15-31-54(50)59-55-46(26-17-29-51(55)57)40-32-34-43(35-33-40)58(53-30-16-21-39-20-10-11-24-45(39)53)44-36-37-48-47-25-12-13-27-49(47)56(3,4)52(48)38-44/h1,6-11,13-24,26-38,47,49H,12,25H2,2-4H3/b19-6-,41-18+. The maximum absolute atomic E-state index is 6.11. The van der Waals surface area contributed by atoms with E-state index in [1.165, 1.54) is 77.3 Å². The summed E-state index contributed by atoms with van der Waals surface area (Å²) in [7, 11) is 0. The Hall–Kier alpha value is -6.27. The molecule has 3 unspecified atom stereocenters. The van der Waals surface area contributed by atoms with Crippen molar-refractivity contribution in [2.75, 3.05) is 4.90 Å². The molecule has 3 atom stereocenters. The summed E-state index contributed by atoms with van der Waals surface area (Å²) < 4.78 is 0. The van der Waals surface area contributed by atoms with Gasteiger partial charge in [-0.3, -0.25) is 0 Å². The number of hydrogen-bond acceptors (Lipinski definition) is 2. The van der Waals surface area contributed by atoms with Crippen LogP contribution in [0, 0.1) is 18.3 Å². The van der Waals surface area contributed by atoms with Gasteiger partial charge in [-0.2, -0.15) is 0 Å². The number of benzene rings is 7. The number of anilines is 3. The van der Waals surface area contributed by atoms with Gasteiger partial charge in [0.25, 0.3) is 0 Å². The molecule has 0 aromatic heterocycles. The third-order valence-electron chi connectivity index (χ3n) is 13.2. The van der Waals surface area contributed by atoms with Gasteiger partial charge in [0.2, 0.25) is 0 Å². The lowest BCUT2D eigenvalue weighted by Gasteiger charge is -2.43. The van der Waals surface area contributed by atoms with E-state index >= 15 is 0 Å². The molecule has 0 fully saturated rings. The minimum atomic E-state index is -0.604. The first-order valence-electron chi connectivity index (χ1n) is 20.9. The summed E-state index contributed by atoms with van der Waals surface area (Å²) in [6.07, 6.45) is 19.6. The highest BCUT2D eigenvalue weighted by atomic mass is 32.2. The number of hydrogen-bond donors (Lipinski definition) is 0. The molecule has 1 nitrogen and oxygen atoms in total. The summed E-state index contributed by atoms with van der Waals surface area (Å²) in [6, 6.07) is 58.5. The van der Waals surface area contributed by atoms with Gasteiger partial charge in [0.15, 0.2) is 0 Å². The van der Waals surface area contributed by atoms with Gasteiger partial charge in [-0.15, -0.1) is 6.42 Å². The Kier molecular flexibility index (Phi) is 9.31. The zero-order valence-corrected chi connectivity index (χ0v) is 34.7. The van der Waals surface area contributed by atoms with E-state index in [0.717, 1.165) is 17.7 Å². The molecule has 1 aliphatic heterocycles. The van der Waals surface area contributed by atoms with E-state index in [2.05, 4.69) is 214 Å². The Balaban J connectivity index is 1.14. The third kappa shape index (κ3) is 5.86. The maximum Gasteiger partial charge on any atom is 0.0729 e. The first-order valence-corrected chi connectivity index (χ1v) is 21.7. The summed E-state index contributed by atoms with van der Waals surface area (Å²) >= 11 is 1.86. The minimum absolute atomic E-state index is 0.0566. The number of terminal acetylenes is 1. The molecule has 0 N–H and O–H groups in total. The number of rotatable bonds is 7. The van der Waals surface area contributed by atoms with Crippen LogP contribution < -0.4 is 4.90 Å². The van der Waals surface area contributed by atoms with E-state index in [4.69, 9.17) is 6.42 Å². The SMILES string of the molecule is C#C/C=C(\C=C/C)C1(c2ccccc2)c2ccccc2Sc2c(-c3ccc(N(c4ccc5c(c4)C(C)(C)C4C=CCCC54)c4cccc5ccccc45)cc3)cccc21. The highest BCUT2D eigenvalue weighted by molar-refractivity contribution is 7.99. The largest absolute Gasteiger partial charge is 0.310 e. The average molecular weight is 778 g/mol. The quantitative estimate of drug-likeness (QED) is 0.0901. The van der Waals surface area contributed by atoms with Crippen LogP contribution >= 0.6 is 11.8 Å². The molecule has 7 aromatic rings. The van der Waals surface area contributed by atoms with Gasteiger partial charge >= 0.3 is 0 Å². The molecule has 59 heavy (non-hydrogen) atoms. The molecule has 1 heterocycles. The van der Waals surface area contributed by atoms with Crippen LogP contribution in [0.25, 0.3) is 21.9 Å². The fourth-order valence-electron chi connectivity index (χ4n) is 10.6. The lowest BCUT2D eigenvalue weighted by atomic mass is 9.63. The Morgan fingerprint density at radius 2 is 1.47 bits per heavy atom. The molecule has 0 saturated carbocycles. The second-order valence-electron chi connectivity index (χ2n) is 16.7. The molecule has 2 aliphatic carbocycles. The Morgan fingerprint density at radius 1 is 0.746 bits per heavy atom. The first-order chi connectivity index (χ1) is 28.9. The summed E-state index contributed by atoms with van der Waals surface area (Å²) in [6.45, 7) is 6.96. The lowest BCUT2D eigenvalue weighted by Crippen LogP contribution is -2.34. The molecular formula is C57H47NS. The number of fused-ring (bicyclic) bond motifs is 6. The Labute approximate surface area is 353 Å². The van der Waals surface area contributed by atoms with E-state index in [-0.39, 0.29) is 5.41 Å². The van der Waals surface area contributed by atoms with Crippen molar-refractivity contribution in [1.82, 2.24) is 0 Å². The van der Waals surface area contributed by atoms with E-state index in [9.17, 15) is 0 Å². The van der Waals surface area contributed by atoms with Gasteiger partial charge in [-0.1, -0.05) is 177 Å². The van der Waals surface area contributed by atoms with Crippen molar-refractivity contribution in [3.05, 3.63) is 221 Å². The van der Waals surface area contributed by atoms with Gasteiger partial charge in [0.1, 0.15) is 0 Å². The minimum Gasteiger partial charge on any atom is -0.310 e. The Morgan fingerprint density at radius 3 is 2.31 bits per heavy atom. The molecule has 0 saturated heterocycles. The zero-order chi connectivity index (χ0) is 40.1. The van der Waals surface area contributed by atoms with Crippen LogP contribution in [0.1, 0.15) is 67.3 Å². The lowest BCUT2D eigenvalue weighted by molar-refractivity contribution is 0.347. The molecule has 0 amide bonds. The fraction of sp³-hybridized carbons (Fsp3) is 0.158. The van der Waals surface area contributed by atoms with Crippen molar-refractivity contribution < 1.29 is 0 Å². The van der Waals surface area contributed by atoms with Crippen molar-refractivity contribution in [3.63, 3.8) is 0 Å². The maximum atomic E-state index is 6.11. The monoisotopic (exact) mass is 777 g/mol. The number of allylic oxidation sites excluding steroid dienone is 6. The average Bonchev–Trinajstić information content (AvgIpc) is 3.51. The number of nitrogens with zero attached hydrogens (tertiary/aromatic N) is 1. The highest BCUT2D eigenvalue weighted by Crippen LogP contribution is 2.59. The summed E-state index contributed by atoms with van der Waals surface area (Å²) in [5, 5.41) is 2.47. The topological polar surface area (TPSA) is 3.24 Å². The third-order valence-corrected chi connectivity index (χ3v) is 14.5. The molecule has 0 radical (unpaired) electrons. The molecule has 286 valence electrons. The second-order valence-corrected chi connectivity index (χ2v) is 17.7.